The molecule has 0 spiro atoms. The van der Waals surface area contributed by atoms with Crippen LogP contribution >= 0.6 is 0 Å². The number of nitrogens with zero attached hydrogens (tertiary/aromatic N) is 1. The number of hydrogen-bond donors (Lipinski definition) is 0. The Morgan fingerprint density at radius 3 is 2.48 bits per heavy atom. The quantitative estimate of drug-likeness (QED) is 0.788. The molecule has 2 rings (SSSR count). The number of halogens is 1. The Hall–Kier alpha value is -1.91. The van der Waals surface area contributed by atoms with Gasteiger partial charge < -0.3 is 14.4 Å². The van der Waals surface area contributed by atoms with Gasteiger partial charge >= 0.3 is 6.09 Å². The predicted octanol–water partition coefficient (Wildman–Crippen LogP) is 2.90. The molecule has 0 saturated carbocycles. The van der Waals surface area contributed by atoms with Crippen molar-refractivity contribution in [2.45, 2.75) is 38.2 Å². The van der Waals surface area contributed by atoms with E-state index in [1.54, 1.807) is 32.9 Å². The number of hydrogen-bond acceptors (Lipinski definition) is 3. The summed E-state index contributed by atoms with van der Waals surface area (Å²) in [5.41, 5.74) is -0.616. The molecular weight excluding hydrogens is 273 g/mol. The van der Waals surface area contributed by atoms with Crippen molar-refractivity contribution >= 4 is 12.4 Å². The largest absolute Gasteiger partial charge is 0.444 e. The first kappa shape index (κ1) is 15.5. The molecule has 0 N–H and O–H groups in total. The normalized spacial score (nSPS) is 22.2. The SMILES string of the molecule is CC(C)(C)OC(=O)N1CC[C@](C=O)(c2ccc(F)cc2)C1. The Balaban J connectivity index is 2.16. The average Bonchev–Trinajstić information content (AvgIpc) is 2.83. The fraction of sp³-hybridized carbons (Fsp3) is 0.500. The number of carbonyl (C=O) groups excluding carboxylic acids is 2. The van der Waals surface area contributed by atoms with Crippen LogP contribution in [0, 0.1) is 5.82 Å². The zero-order chi connectivity index (χ0) is 15.7. The maximum atomic E-state index is 13.0. The van der Waals surface area contributed by atoms with E-state index in [-0.39, 0.29) is 12.4 Å². The summed E-state index contributed by atoms with van der Waals surface area (Å²) >= 11 is 0. The molecular formula is C16H20FNO3. The summed E-state index contributed by atoms with van der Waals surface area (Å²) in [5, 5.41) is 0. The topological polar surface area (TPSA) is 46.6 Å². The molecule has 0 bridgehead atoms. The van der Waals surface area contributed by atoms with E-state index in [0.717, 1.165) is 11.8 Å². The number of amides is 1. The fourth-order valence-electron chi connectivity index (χ4n) is 2.50. The van der Waals surface area contributed by atoms with Crippen LogP contribution in [0.25, 0.3) is 0 Å². The van der Waals surface area contributed by atoms with Crippen molar-refractivity contribution in [3.63, 3.8) is 0 Å². The van der Waals surface area contributed by atoms with E-state index in [1.165, 1.54) is 17.0 Å². The van der Waals surface area contributed by atoms with Crippen molar-refractivity contribution in [2.24, 2.45) is 0 Å². The molecule has 1 saturated heterocycles. The Kier molecular flexibility index (Phi) is 4.03. The van der Waals surface area contributed by atoms with E-state index < -0.39 is 17.1 Å². The second-order valence-corrected chi connectivity index (χ2v) is 6.43. The number of likely N-dealkylation sites (tertiary alicyclic amines) is 1. The molecule has 1 aromatic carbocycles. The summed E-state index contributed by atoms with van der Waals surface area (Å²) in [5.74, 6) is -0.346. The third kappa shape index (κ3) is 3.40. The van der Waals surface area contributed by atoms with E-state index in [0.29, 0.717) is 13.0 Å². The van der Waals surface area contributed by atoms with E-state index in [4.69, 9.17) is 4.74 Å². The predicted molar refractivity (Wildman–Crippen MR) is 76.6 cm³/mol. The Morgan fingerprint density at radius 2 is 1.95 bits per heavy atom. The van der Waals surface area contributed by atoms with Gasteiger partial charge in [-0.15, -0.1) is 0 Å². The van der Waals surface area contributed by atoms with Gasteiger partial charge in [-0.3, -0.25) is 0 Å². The van der Waals surface area contributed by atoms with Crippen molar-refractivity contribution in [1.29, 1.82) is 0 Å². The molecule has 1 amide bonds. The Bertz CT molecular complexity index is 535. The number of carbonyl (C=O) groups is 2. The second kappa shape index (κ2) is 5.47. The molecule has 1 heterocycles. The van der Waals surface area contributed by atoms with Gasteiger partial charge in [0.25, 0.3) is 0 Å². The molecule has 1 fully saturated rings. The molecule has 0 aromatic heterocycles. The third-order valence-electron chi connectivity index (χ3n) is 3.60. The van der Waals surface area contributed by atoms with Gasteiger partial charge in [-0.1, -0.05) is 12.1 Å². The summed E-state index contributed by atoms with van der Waals surface area (Å²) in [6.07, 6.45) is 0.944. The molecule has 1 atom stereocenters. The van der Waals surface area contributed by atoms with E-state index >= 15 is 0 Å². The number of ether oxygens (including phenoxy) is 1. The molecule has 4 nitrogen and oxygen atoms in total. The molecule has 21 heavy (non-hydrogen) atoms. The minimum Gasteiger partial charge on any atom is -0.444 e. The van der Waals surface area contributed by atoms with Gasteiger partial charge in [0.1, 0.15) is 17.7 Å². The van der Waals surface area contributed by atoms with Gasteiger partial charge in [-0.25, -0.2) is 9.18 Å². The van der Waals surface area contributed by atoms with Gasteiger partial charge in [0, 0.05) is 13.1 Å². The minimum absolute atomic E-state index is 0.261. The van der Waals surface area contributed by atoms with Crippen LogP contribution in [0.3, 0.4) is 0 Å². The van der Waals surface area contributed by atoms with Crippen molar-refractivity contribution in [1.82, 2.24) is 4.90 Å². The molecule has 1 aliphatic heterocycles. The molecule has 1 aliphatic rings. The molecule has 0 aliphatic carbocycles. The number of benzene rings is 1. The first-order valence-corrected chi connectivity index (χ1v) is 6.96. The highest BCUT2D eigenvalue weighted by atomic mass is 19.1. The van der Waals surface area contributed by atoms with Crippen LogP contribution in [0.2, 0.25) is 0 Å². The molecule has 5 heteroatoms. The standard InChI is InChI=1S/C16H20FNO3/c1-15(2,3)21-14(20)18-9-8-16(10-18,11-19)12-4-6-13(17)7-5-12/h4-7,11H,8-10H2,1-3H3/t16-/m0/s1. The van der Waals surface area contributed by atoms with Crippen LogP contribution in [0.15, 0.2) is 24.3 Å². The van der Waals surface area contributed by atoms with Crippen molar-refractivity contribution in [3.05, 3.63) is 35.6 Å². The van der Waals surface area contributed by atoms with Crippen LogP contribution in [0.4, 0.5) is 9.18 Å². The molecule has 114 valence electrons. The number of rotatable bonds is 2. The smallest absolute Gasteiger partial charge is 0.410 e. The average molecular weight is 293 g/mol. The summed E-state index contributed by atoms with van der Waals surface area (Å²) in [6, 6.07) is 5.86. The lowest BCUT2D eigenvalue weighted by Crippen LogP contribution is -2.38. The highest BCUT2D eigenvalue weighted by molar-refractivity contribution is 5.75. The third-order valence-corrected chi connectivity index (χ3v) is 3.60. The first-order valence-electron chi connectivity index (χ1n) is 6.96. The van der Waals surface area contributed by atoms with Crippen LogP contribution < -0.4 is 0 Å². The molecule has 0 radical (unpaired) electrons. The van der Waals surface area contributed by atoms with Gasteiger partial charge in [0.2, 0.25) is 0 Å². The van der Waals surface area contributed by atoms with Gasteiger partial charge in [-0.05, 0) is 44.9 Å². The van der Waals surface area contributed by atoms with Gasteiger partial charge in [0.15, 0.2) is 0 Å². The highest BCUT2D eigenvalue weighted by Crippen LogP contribution is 2.33. The van der Waals surface area contributed by atoms with Gasteiger partial charge in [-0.2, -0.15) is 0 Å². The number of aldehydes is 1. The molecule has 0 unspecified atom stereocenters. The highest BCUT2D eigenvalue weighted by Gasteiger charge is 2.42. The van der Waals surface area contributed by atoms with Crippen molar-refractivity contribution in [3.8, 4) is 0 Å². The van der Waals surface area contributed by atoms with Crippen molar-refractivity contribution < 1.29 is 18.7 Å². The monoisotopic (exact) mass is 293 g/mol. The van der Waals surface area contributed by atoms with Gasteiger partial charge in [0.05, 0.1) is 5.41 Å². The second-order valence-electron chi connectivity index (χ2n) is 6.43. The first-order chi connectivity index (χ1) is 9.76. The van der Waals surface area contributed by atoms with Crippen LogP contribution in [0.1, 0.15) is 32.8 Å². The lowest BCUT2D eigenvalue weighted by molar-refractivity contribution is -0.112. The van der Waals surface area contributed by atoms with Crippen LogP contribution in [-0.2, 0) is 14.9 Å². The Labute approximate surface area is 123 Å². The Morgan fingerprint density at radius 1 is 1.33 bits per heavy atom. The summed E-state index contributed by atoms with van der Waals surface area (Å²) in [6.45, 7) is 6.11. The molecule has 1 aromatic rings. The summed E-state index contributed by atoms with van der Waals surface area (Å²) < 4.78 is 18.3. The maximum absolute atomic E-state index is 13.0. The maximum Gasteiger partial charge on any atom is 0.410 e. The summed E-state index contributed by atoms with van der Waals surface area (Å²) in [7, 11) is 0. The van der Waals surface area contributed by atoms with Crippen molar-refractivity contribution in [2.75, 3.05) is 13.1 Å². The van der Waals surface area contributed by atoms with Crippen LogP contribution in [0.5, 0.6) is 0 Å². The lowest BCUT2D eigenvalue weighted by atomic mass is 9.81. The van der Waals surface area contributed by atoms with E-state index in [2.05, 4.69) is 0 Å². The minimum atomic E-state index is -0.773. The summed E-state index contributed by atoms with van der Waals surface area (Å²) in [4.78, 5) is 25.2. The van der Waals surface area contributed by atoms with Crippen LogP contribution in [-0.4, -0.2) is 36.0 Å². The van der Waals surface area contributed by atoms with E-state index in [1.807, 2.05) is 0 Å². The zero-order valence-corrected chi connectivity index (χ0v) is 12.6. The zero-order valence-electron chi connectivity index (χ0n) is 12.6. The lowest BCUT2D eigenvalue weighted by Gasteiger charge is -2.26. The fourth-order valence-corrected chi connectivity index (χ4v) is 2.50. The van der Waals surface area contributed by atoms with E-state index in [9.17, 15) is 14.0 Å².